The summed E-state index contributed by atoms with van der Waals surface area (Å²) in [6, 6.07) is 6.82. The Kier molecular flexibility index (Phi) is 5.43. The smallest absolute Gasteiger partial charge is 0.410 e. The standard InChI is InChI=1S/C15H21N3O3/c1-2-3-9-16-15(20)21-13-6-4-5-12(10-13)18-14(19)17-11-7-8-11/h4-6,10-11H,2-3,7-9H2,1H3,(H,16,20)(H2,17,18,19). The van der Waals surface area contributed by atoms with Crippen molar-refractivity contribution < 1.29 is 14.3 Å². The molecule has 1 aromatic rings. The van der Waals surface area contributed by atoms with E-state index in [0.717, 1.165) is 25.7 Å². The van der Waals surface area contributed by atoms with Crippen molar-refractivity contribution in [2.75, 3.05) is 11.9 Å². The molecule has 2 rings (SSSR count). The van der Waals surface area contributed by atoms with Crippen molar-refractivity contribution >= 4 is 17.8 Å². The van der Waals surface area contributed by atoms with E-state index < -0.39 is 6.09 Å². The fourth-order valence-electron chi connectivity index (χ4n) is 1.73. The van der Waals surface area contributed by atoms with Crippen LogP contribution in [0.3, 0.4) is 0 Å². The number of carbonyl (C=O) groups excluding carboxylic acids is 2. The summed E-state index contributed by atoms with van der Waals surface area (Å²) in [6.45, 7) is 2.64. The molecule has 1 fully saturated rings. The number of nitrogens with one attached hydrogen (secondary N) is 3. The lowest BCUT2D eigenvalue weighted by Gasteiger charge is -2.09. The average Bonchev–Trinajstić information content (AvgIpc) is 3.23. The van der Waals surface area contributed by atoms with Gasteiger partial charge in [-0.05, 0) is 31.4 Å². The molecule has 1 aliphatic carbocycles. The second-order valence-electron chi connectivity index (χ2n) is 5.07. The van der Waals surface area contributed by atoms with Gasteiger partial charge in [-0.25, -0.2) is 9.59 Å². The number of ether oxygens (including phenoxy) is 1. The molecule has 6 heteroatoms. The summed E-state index contributed by atoms with van der Waals surface area (Å²) in [5.74, 6) is 0.397. The second kappa shape index (κ2) is 7.52. The lowest BCUT2D eigenvalue weighted by atomic mass is 10.3. The van der Waals surface area contributed by atoms with Gasteiger partial charge >= 0.3 is 12.1 Å². The first-order valence-electron chi connectivity index (χ1n) is 7.30. The molecular weight excluding hydrogens is 270 g/mol. The maximum atomic E-state index is 11.6. The largest absolute Gasteiger partial charge is 0.412 e. The van der Waals surface area contributed by atoms with Crippen LogP contribution in [0.15, 0.2) is 24.3 Å². The summed E-state index contributed by atoms with van der Waals surface area (Å²) < 4.78 is 5.15. The second-order valence-corrected chi connectivity index (χ2v) is 5.07. The highest BCUT2D eigenvalue weighted by Gasteiger charge is 2.23. The molecule has 3 N–H and O–H groups in total. The van der Waals surface area contributed by atoms with Crippen LogP contribution in [0.4, 0.5) is 15.3 Å². The normalized spacial score (nSPS) is 13.4. The Morgan fingerprint density at radius 3 is 2.86 bits per heavy atom. The topological polar surface area (TPSA) is 79.5 Å². The van der Waals surface area contributed by atoms with Crippen LogP contribution < -0.4 is 20.7 Å². The number of urea groups is 1. The Hall–Kier alpha value is -2.24. The van der Waals surface area contributed by atoms with Crippen molar-refractivity contribution in [3.63, 3.8) is 0 Å². The van der Waals surface area contributed by atoms with Crippen molar-refractivity contribution in [2.24, 2.45) is 0 Å². The molecule has 0 saturated heterocycles. The first-order valence-corrected chi connectivity index (χ1v) is 7.30. The average molecular weight is 291 g/mol. The van der Waals surface area contributed by atoms with Gasteiger partial charge in [0.05, 0.1) is 0 Å². The summed E-state index contributed by atoms with van der Waals surface area (Å²) in [5, 5.41) is 8.21. The molecule has 0 spiro atoms. The summed E-state index contributed by atoms with van der Waals surface area (Å²) in [7, 11) is 0. The fourth-order valence-corrected chi connectivity index (χ4v) is 1.73. The molecule has 114 valence electrons. The van der Waals surface area contributed by atoms with Crippen LogP contribution in [-0.4, -0.2) is 24.7 Å². The zero-order valence-corrected chi connectivity index (χ0v) is 12.1. The van der Waals surface area contributed by atoms with Crippen LogP contribution in [0.1, 0.15) is 32.6 Å². The number of amides is 3. The van der Waals surface area contributed by atoms with Crippen LogP contribution in [0, 0.1) is 0 Å². The van der Waals surface area contributed by atoms with E-state index in [2.05, 4.69) is 22.9 Å². The Morgan fingerprint density at radius 1 is 1.33 bits per heavy atom. The van der Waals surface area contributed by atoms with Gasteiger partial charge in [0.2, 0.25) is 0 Å². The fraction of sp³-hybridized carbons (Fsp3) is 0.467. The number of rotatable bonds is 6. The molecule has 0 unspecified atom stereocenters. The van der Waals surface area contributed by atoms with Crippen LogP contribution in [-0.2, 0) is 0 Å². The molecule has 1 aromatic carbocycles. The van der Waals surface area contributed by atoms with Gasteiger partial charge in [-0.2, -0.15) is 0 Å². The molecular formula is C15H21N3O3. The van der Waals surface area contributed by atoms with E-state index in [1.165, 1.54) is 0 Å². The minimum absolute atomic E-state index is 0.234. The molecule has 3 amide bonds. The first kappa shape index (κ1) is 15.2. The first-order chi connectivity index (χ1) is 10.2. The number of unbranched alkanes of at least 4 members (excludes halogenated alkanes) is 1. The van der Waals surface area contributed by atoms with E-state index in [1.807, 2.05) is 0 Å². The monoisotopic (exact) mass is 291 g/mol. The van der Waals surface area contributed by atoms with Crippen LogP contribution in [0.2, 0.25) is 0 Å². The molecule has 1 saturated carbocycles. The van der Waals surface area contributed by atoms with E-state index in [0.29, 0.717) is 24.0 Å². The van der Waals surface area contributed by atoms with Crippen molar-refractivity contribution in [2.45, 2.75) is 38.6 Å². The summed E-state index contributed by atoms with van der Waals surface area (Å²) in [4.78, 5) is 23.2. The van der Waals surface area contributed by atoms with Crippen molar-refractivity contribution in [1.82, 2.24) is 10.6 Å². The van der Waals surface area contributed by atoms with Gasteiger partial charge in [-0.15, -0.1) is 0 Å². The van der Waals surface area contributed by atoms with Gasteiger partial charge in [0.1, 0.15) is 5.75 Å². The lowest BCUT2D eigenvalue weighted by Crippen LogP contribution is -2.30. The minimum Gasteiger partial charge on any atom is -0.410 e. The Bertz CT molecular complexity index is 501. The van der Waals surface area contributed by atoms with Gasteiger partial charge < -0.3 is 20.7 Å². The van der Waals surface area contributed by atoms with Gasteiger partial charge in [0.15, 0.2) is 0 Å². The molecule has 0 radical (unpaired) electrons. The molecule has 0 heterocycles. The van der Waals surface area contributed by atoms with Crippen molar-refractivity contribution in [3.8, 4) is 5.75 Å². The van der Waals surface area contributed by atoms with Crippen LogP contribution in [0.5, 0.6) is 5.75 Å². The number of carbonyl (C=O) groups is 2. The quantitative estimate of drug-likeness (QED) is 0.705. The zero-order valence-electron chi connectivity index (χ0n) is 12.1. The van der Waals surface area contributed by atoms with Crippen LogP contribution in [0.25, 0.3) is 0 Å². The molecule has 6 nitrogen and oxygen atoms in total. The third-order valence-electron chi connectivity index (χ3n) is 3.01. The lowest BCUT2D eigenvalue weighted by molar-refractivity contribution is 0.200. The van der Waals surface area contributed by atoms with Gasteiger partial charge in [0.25, 0.3) is 0 Å². The molecule has 0 aromatic heterocycles. The van der Waals surface area contributed by atoms with Gasteiger partial charge in [0, 0.05) is 24.3 Å². The van der Waals surface area contributed by atoms with Crippen molar-refractivity contribution in [3.05, 3.63) is 24.3 Å². The van der Waals surface area contributed by atoms with E-state index in [4.69, 9.17) is 4.74 Å². The van der Waals surface area contributed by atoms with Crippen molar-refractivity contribution in [1.29, 1.82) is 0 Å². The molecule has 0 bridgehead atoms. The summed E-state index contributed by atoms with van der Waals surface area (Å²) in [5.41, 5.74) is 0.590. The van der Waals surface area contributed by atoms with Crippen LogP contribution >= 0.6 is 0 Å². The van der Waals surface area contributed by atoms with Gasteiger partial charge in [-0.1, -0.05) is 19.4 Å². The zero-order chi connectivity index (χ0) is 15.1. The predicted molar refractivity (Wildman–Crippen MR) is 80.6 cm³/mol. The highest BCUT2D eigenvalue weighted by Crippen LogP contribution is 2.20. The number of anilines is 1. The van der Waals surface area contributed by atoms with E-state index in [9.17, 15) is 9.59 Å². The predicted octanol–water partition coefficient (Wildman–Crippen LogP) is 2.86. The SMILES string of the molecule is CCCCNC(=O)Oc1cccc(NC(=O)NC2CC2)c1. The Balaban J connectivity index is 1.81. The Morgan fingerprint density at radius 2 is 2.14 bits per heavy atom. The van der Waals surface area contributed by atoms with Gasteiger partial charge in [-0.3, -0.25) is 0 Å². The van der Waals surface area contributed by atoms with E-state index >= 15 is 0 Å². The highest BCUT2D eigenvalue weighted by atomic mass is 16.6. The highest BCUT2D eigenvalue weighted by molar-refractivity contribution is 5.89. The molecule has 21 heavy (non-hydrogen) atoms. The maximum Gasteiger partial charge on any atom is 0.412 e. The summed E-state index contributed by atoms with van der Waals surface area (Å²) in [6.07, 6.45) is 3.51. The third-order valence-corrected chi connectivity index (χ3v) is 3.01. The van der Waals surface area contributed by atoms with E-state index in [-0.39, 0.29) is 6.03 Å². The Labute approximate surface area is 124 Å². The van der Waals surface area contributed by atoms with E-state index in [1.54, 1.807) is 24.3 Å². The molecule has 1 aliphatic rings. The summed E-state index contributed by atoms with van der Waals surface area (Å²) >= 11 is 0. The minimum atomic E-state index is -0.483. The molecule has 0 aliphatic heterocycles. The third kappa shape index (κ3) is 5.72. The number of benzene rings is 1. The number of hydrogen-bond acceptors (Lipinski definition) is 3. The maximum absolute atomic E-state index is 11.6. The molecule has 0 atom stereocenters. The number of hydrogen-bond donors (Lipinski definition) is 3.